The predicted molar refractivity (Wildman–Crippen MR) is 96.3 cm³/mol. The fraction of sp³-hybridized carbons (Fsp3) is 0.588. The molecule has 1 fully saturated rings. The number of hydrogen-bond acceptors (Lipinski definition) is 6. The SMILES string of the molecule is CC(C)CC(CO)NC(=O)C1CCCN1c1ncnc2sccc12. The molecular weight excluding hydrogens is 324 g/mol. The molecule has 24 heavy (non-hydrogen) atoms. The van der Waals surface area contributed by atoms with E-state index in [0.717, 1.165) is 41.8 Å². The number of aromatic nitrogens is 2. The first-order valence-corrected chi connectivity index (χ1v) is 9.34. The zero-order valence-electron chi connectivity index (χ0n) is 14.1. The maximum Gasteiger partial charge on any atom is 0.243 e. The van der Waals surface area contributed by atoms with Crippen molar-refractivity contribution in [2.45, 2.75) is 45.2 Å². The van der Waals surface area contributed by atoms with Crippen LogP contribution in [-0.2, 0) is 4.79 Å². The van der Waals surface area contributed by atoms with E-state index >= 15 is 0 Å². The van der Waals surface area contributed by atoms with Crippen LogP contribution in [-0.4, -0.2) is 46.2 Å². The number of carbonyl (C=O) groups excluding carboxylic acids is 1. The number of nitrogens with zero attached hydrogens (tertiary/aromatic N) is 3. The Hall–Kier alpha value is -1.73. The molecule has 130 valence electrons. The molecule has 1 amide bonds. The third-order valence-corrected chi connectivity index (χ3v) is 5.21. The van der Waals surface area contributed by atoms with E-state index in [-0.39, 0.29) is 24.6 Å². The smallest absolute Gasteiger partial charge is 0.243 e. The average molecular weight is 348 g/mol. The normalized spacial score (nSPS) is 19.2. The molecule has 0 radical (unpaired) electrons. The van der Waals surface area contributed by atoms with Gasteiger partial charge in [-0.05, 0) is 36.6 Å². The number of hydrogen-bond donors (Lipinski definition) is 2. The summed E-state index contributed by atoms with van der Waals surface area (Å²) < 4.78 is 0. The molecule has 2 atom stereocenters. The van der Waals surface area contributed by atoms with Crippen LogP contribution < -0.4 is 10.2 Å². The summed E-state index contributed by atoms with van der Waals surface area (Å²) >= 11 is 1.58. The molecule has 0 spiro atoms. The zero-order chi connectivity index (χ0) is 17.1. The number of amides is 1. The number of aliphatic hydroxyl groups is 1. The van der Waals surface area contributed by atoms with Crippen molar-refractivity contribution in [2.75, 3.05) is 18.1 Å². The quantitative estimate of drug-likeness (QED) is 0.837. The van der Waals surface area contributed by atoms with Crippen LogP contribution in [0.15, 0.2) is 17.8 Å². The third-order valence-electron chi connectivity index (χ3n) is 4.39. The Morgan fingerprint density at radius 1 is 1.50 bits per heavy atom. The Bertz CT molecular complexity index is 703. The molecule has 0 aromatic carbocycles. The molecule has 3 heterocycles. The Morgan fingerprint density at radius 3 is 3.08 bits per heavy atom. The summed E-state index contributed by atoms with van der Waals surface area (Å²) in [6.07, 6.45) is 4.11. The zero-order valence-corrected chi connectivity index (χ0v) is 14.9. The number of fused-ring (bicyclic) bond motifs is 1. The van der Waals surface area contributed by atoms with Crippen molar-refractivity contribution in [1.29, 1.82) is 0 Å². The number of thiophene rings is 1. The van der Waals surface area contributed by atoms with E-state index in [1.54, 1.807) is 17.7 Å². The van der Waals surface area contributed by atoms with Gasteiger partial charge in [-0.25, -0.2) is 9.97 Å². The monoisotopic (exact) mass is 348 g/mol. The van der Waals surface area contributed by atoms with Crippen LogP contribution in [0.3, 0.4) is 0 Å². The van der Waals surface area contributed by atoms with E-state index in [4.69, 9.17) is 0 Å². The first kappa shape index (κ1) is 17.1. The van der Waals surface area contributed by atoms with Crippen molar-refractivity contribution in [3.8, 4) is 0 Å². The Labute approximate surface area is 145 Å². The molecule has 0 saturated carbocycles. The minimum absolute atomic E-state index is 0.0193. The van der Waals surface area contributed by atoms with Crippen molar-refractivity contribution >= 4 is 33.3 Å². The first-order valence-electron chi connectivity index (χ1n) is 8.46. The van der Waals surface area contributed by atoms with E-state index in [2.05, 4.69) is 34.0 Å². The minimum Gasteiger partial charge on any atom is -0.394 e. The standard InChI is InChI=1S/C17H24N4O2S/c1-11(2)8-12(9-22)20-16(23)14-4-3-6-21(14)15-13-5-7-24-17(13)19-10-18-15/h5,7,10-12,14,22H,3-4,6,8-9H2,1-2H3,(H,20,23). The van der Waals surface area contributed by atoms with Crippen LogP contribution in [0, 0.1) is 5.92 Å². The molecule has 0 bridgehead atoms. The first-order chi connectivity index (χ1) is 11.6. The van der Waals surface area contributed by atoms with Crippen LogP contribution in [0.25, 0.3) is 10.2 Å². The van der Waals surface area contributed by atoms with Gasteiger partial charge in [0, 0.05) is 6.54 Å². The van der Waals surface area contributed by atoms with Crippen LogP contribution in [0.1, 0.15) is 33.1 Å². The molecule has 2 N–H and O–H groups in total. The highest BCUT2D eigenvalue weighted by Crippen LogP contribution is 2.31. The summed E-state index contributed by atoms with van der Waals surface area (Å²) in [5.74, 6) is 1.24. The van der Waals surface area contributed by atoms with Crippen LogP contribution in [0.2, 0.25) is 0 Å². The molecule has 1 saturated heterocycles. The topological polar surface area (TPSA) is 78.4 Å². The van der Waals surface area contributed by atoms with Gasteiger partial charge in [0.2, 0.25) is 5.91 Å². The Kier molecular flexibility index (Phi) is 5.30. The van der Waals surface area contributed by atoms with Gasteiger partial charge in [0.25, 0.3) is 0 Å². The molecule has 2 aromatic rings. The second-order valence-electron chi connectivity index (χ2n) is 6.71. The highest BCUT2D eigenvalue weighted by Gasteiger charge is 2.33. The van der Waals surface area contributed by atoms with E-state index in [0.29, 0.717) is 5.92 Å². The average Bonchev–Trinajstić information content (AvgIpc) is 3.22. The van der Waals surface area contributed by atoms with Crippen LogP contribution in [0.5, 0.6) is 0 Å². The van der Waals surface area contributed by atoms with E-state index in [1.807, 2.05) is 11.4 Å². The maximum atomic E-state index is 12.7. The molecule has 1 aliphatic heterocycles. The van der Waals surface area contributed by atoms with Gasteiger partial charge in [-0.3, -0.25) is 4.79 Å². The van der Waals surface area contributed by atoms with Gasteiger partial charge in [-0.15, -0.1) is 11.3 Å². The van der Waals surface area contributed by atoms with Gasteiger partial charge in [-0.2, -0.15) is 0 Å². The second kappa shape index (κ2) is 7.44. The summed E-state index contributed by atoms with van der Waals surface area (Å²) in [6.45, 7) is 4.96. The van der Waals surface area contributed by atoms with Crippen molar-refractivity contribution in [3.63, 3.8) is 0 Å². The van der Waals surface area contributed by atoms with Gasteiger partial charge < -0.3 is 15.3 Å². The molecule has 6 nitrogen and oxygen atoms in total. The van der Waals surface area contributed by atoms with Crippen molar-refractivity contribution < 1.29 is 9.90 Å². The summed E-state index contributed by atoms with van der Waals surface area (Å²) in [4.78, 5) is 24.5. The van der Waals surface area contributed by atoms with Crippen molar-refractivity contribution in [1.82, 2.24) is 15.3 Å². The van der Waals surface area contributed by atoms with E-state index in [9.17, 15) is 9.90 Å². The second-order valence-corrected chi connectivity index (χ2v) is 7.60. The lowest BCUT2D eigenvalue weighted by molar-refractivity contribution is -0.123. The van der Waals surface area contributed by atoms with Crippen molar-refractivity contribution in [3.05, 3.63) is 17.8 Å². The maximum absolute atomic E-state index is 12.7. The summed E-state index contributed by atoms with van der Waals surface area (Å²) in [5.41, 5.74) is 0. The van der Waals surface area contributed by atoms with Crippen LogP contribution >= 0.6 is 11.3 Å². The number of carbonyl (C=O) groups is 1. The molecule has 0 aliphatic carbocycles. The van der Waals surface area contributed by atoms with Gasteiger partial charge in [0.05, 0.1) is 18.0 Å². The Balaban J connectivity index is 1.78. The lowest BCUT2D eigenvalue weighted by Gasteiger charge is -2.27. The van der Waals surface area contributed by atoms with Gasteiger partial charge >= 0.3 is 0 Å². The molecule has 3 rings (SSSR count). The van der Waals surface area contributed by atoms with Crippen molar-refractivity contribution in [2.24, 2.45) is 5.92 Å². The number of aliphatic hydroxyl groups excluding tert-OH is 1. The van der Waals surface area contributed by atoms with Gasteiger partial charge in [-0.1, -0.05) is 13.8 Å². The molecule has 1 aliphatic rings. The fourth-order valence-electron chi connectivity index (χ4n) is 3.34. The fourth-order valence-corrected chi connectivity index (χ4v) is 4.07. The van der Waals surface area contributed by atoms with E-state index < -0.39 is 0 Å². The highest BCUT2D eigenvalue weighted by molar-refractivity contribution is 7.16. The number of nitrogens with one attached hydrogen (secondary N) is 1. The lowest BCUT2D eigenvalue weighted by atomic mass is 10.0. The largest absolute Gasteiger partial charge is 0.394 e. The number of rotatable bonds is 6. The van der Waals surface area contributed by atoms with Crippen LogP contribution in [0.4, 0.5) is 5.82 Å². The molecular formula is C17H24N4O2S. The minimum atomic E-state index is -0.232. The summed E-state index contributed by atoms with van der Waals surface area (Å²) in [7, 11) is 0. The third kappa shape index (κ3) is 3.52. The molecule has 2 unspecified atom stereocenters. The van der Waals surface area contributed by atoms with Gasteiger partial charge in [0.1, 0.15) is 23.0 Å². The van der Waals surface area contributed by atoms with Gasteiger partial charge in [0.15, 0.2) is 0 Å². The summed E-state index contributed by atoms with van der Waals surface area (Å²) in [5, 5.41) is 15.5. The summed E-state index contributed by atoms with van der Waals surface area (Å²) in [6, 6.07) is 1.59. The number of anilines is 1. The Morgan fingerprint density at radius 2 is 2.33 bits per heavy atom. The highest BCUT2D eigenvalue weighted by atomic mass is 32.1. The lowest BCUT2D eigenvalue weighted by Crippen LogP contribution is -2.48. The van der Waals surface area contributed by atoms with E-state index in [1.165, 1.54) is 0 Å². The predicted octanol–water partition coefficient (Wildman–Crippen LogP) is 2.18. The molecule has 2 aromatic heterocycles. The molecule has 7 heteroatoms.